The summed E-state index contributed by atoms with van der Waals surface area (Å²) in [4.78, 5) is 31.1. The number of fused-ring (bicyclic) bond motifs is 1. The first-order valence-electron chi connectivity index (χ1n) is 10.4. The number of anilines is 1. The van der Waals surface area contributed by atoms with Crippen molar-refractivity contribution >= 4 is 34.5 Å². The van der Waals surface area contributed by atoms with Crippen LogP contribution in [0.25, 0.3) is 16.6 Å². The quantitative estimate of drug-likeness (QED) is 0.332. The van der Waals surface area contributed by atoms with E-state index >= 15 is 0 Å². The van der Waals surface area contributed by atoms with E-state index < -0.39 is 5.25 Å². The number of nitrogens with zero attached hydrogens (tertiary/aromatic N) is 3. The van der Waals surface area contributed by atoms with Gasteiger partial charge in [-0.25, -0.2) is 4.98 Å². The molecule has 2 heterocycles. The molecule has 0 fully saturated rings. The van der Waals surface area contributed by atoms with Gasteiger partial charge in [-0.1, -0.05) is 61.1 Å². The first kappa shape index (κ1) is 21.8. The molecule has 0 bridgehead atoms. The van der Waals surface area contributed by atoms with Crippen LogP contribution in [0.1, 0.15) is 37.9 Å². The summed E-state index contributed by atoms with van der Waals surface area (Å²) >= 11 is 1.23. The highest BCUT2D eigenvalue weighted by Crippen LogP contribution is 2.29. The van der Waals surface area contributed by atoms with Gasteiger partial charge in [0, 0.05) is 6.07 Å². The van der Waals surface area contributed by atoms with Crippen molar-refractivity contribution in [3.63, 3.8) is 0 Å². The lowest BCUT2D eigenvalue weighted by molar-refractivity contribution is -0.115. The lowest BCUT2D eigenvalue weighted by Crippen LogP contribution is -2.26. The number of aryl methyl sites for hydroxylation is 1. The minimum Gasteiger partial charge on any atom is -0.338 e. The molecule has 2 aromatic heterocycles. The summed E-state index contributed by atoms with van der Waals surface area (Å²) in [7, 11) is 0. The number of hydrogen-bond acceptors (Lipinski definition) is 6. The number of nitrogens with one attached hydrogen (secondary N) is 1. The van der Waals surface area contributed by atoms with Gasteiger partial charge in [-0.15, -0.1) is 0 Å². The molecule has 1 N–H and O–H groups in total. The maximum Gasteiger partial charge on any atom is 0.266 e. The molecular weight excluding hydrogens is 424 g/mol. The van der Waals surface area contributed by atoms with Crippen molar-refractivity contribution in [2.24, 2.45) is 0 Å². The normalized spacial score (nSPS) is 12.3. The van der Waals surface area contributed by atoms with Gasteiger partial charge in [0.15, 0.2) is 5.16 Å². The van der Waals surface area contributed by atoms with Gasteiger partial charge >= 0.3 is 0 Å². The molecule has 32 heavy (non-hydrogen) atoms. The monoisotopic (exact) mass is 448 g/mol. The van der Waals surface area contributed by atoms with Crippen molar-refractivity contribution in [3.05, 3.63) is 76.2 Å². The molecule has 1 atom stereocenters. The van der Waals surface area contributed by atoms with Gasteiger partial charge in [-0.3, -0.25) is 19.5 Å². The van der Waals surface area contributed by atoms with E-state index in [2.05, 4.69) is 24.3 Å². The number of carbonyl (C=O) groups is 1. The molecule has 0 radical (unpaired) electrons. The zero-order valence-electron chi connectivity index (χ0n) is 18.3. The molecule has 1 unspecified atom stereocenters. The van der Waals surface area contributed by atoms with Gasteiger partial charge in [-0.2, -0.15) is 0 Å². The van der Waals surface area contributed by atoms with Crippen LogP contribution in [-0.2, 0) is 4.79 Å². The maximum atomic E-state index is 13.6. The van der Waals surface area contributed by atoms with Crippen LogP contribution < -0.4 is 10.9 Å². The Morgan fingerprint density at radius 2 is 1.81 bits per heavy atom. The number of hydrogen-bond donors (Lipinski definition) is 1. The lowest BCUT2D eigenvalue weighted by atomic mass is 10.0. The predicted octanol–water partition coefficient (Wildman–Crippen LogP) is 4.92. The molecule has 4 rings (SSSR count). The number of para-hydroxylation sites is 2. The topological polar surface area (TPSA) is 90.0 Å². The minimum absolute atomic E-state index is 0.162. The number of aromatic nitrogens is 3. The molecule has 0 aliphatic rings. The van der Waals surface area contributed by atoms with Crippen molar-refractivity contribution in [1.82, 2.24) is 14.7 Å². The summed E-state index contributed by atoms with van der Waals surface area (Å²) in [5.41, 5.74) is 2.91. The Morgan fingerprint density at radius 3 is 2.53 bits per heavy atom. The molecule has 0 aliphatic heterocycles. The van der Waals surface area contributed by atoms with Gasteiger partial charge in [-0.05, 0) is 43.5 Å². The largest absolute Gasteiger partial charge is 0.338 e. The van der Waals surface area contributed by atoms with E-state index in [0.29, 0.717) is 21.8 Å². The molecule has 0 aliphatic carbocycles. The van der Waals surface area contributed by atoms with Crippen molar-refractivity contribution < 1.29 is 9.32 Å². The zero-order chi connectivity index (χ0) is 22.8. The fourth-order valence-corrected chi connectivity index (χ4v) is 4.36. The molecule has 8 heteroatoms. The summed E-state index contributed by atoms with van der Waals surface area (Å²) in [5, 5.41) is 6.96. The number of amides is 1. The van der Waals surface area contributed by atoms with Crippen molar-refractivity contribution in [3.8, 4) is 5.69 Å². The number of thioether (sulfide) groups is 1. The van der Waals surface area contributed by atoms with Crippen LogP contribution in [0.2, 0.25) is 0 Å². The van der Waals surface area contributed by atoms with E-state index in [-0.39, 0.29) is 23.3 Å². The van der Waals surface area contributed by atoms with Crippen molar-refractivity contribution in [2.45, 2.75) is 44.0 Å². The Bertz CT molecular complexity index is 1340. The van der Waals surface area contributed by atoms with E-state index in [1.807, 2.05) is 42.5 Å². The number of rotatable bonds is 6. The van der Waals surface area contributed by atoms with Crippen LogP contribution in [0.3, 0.4) is 0 Å². The third kappa shape index (κ3) is 4.31. The standard InChI is InChI=1S/C24H24N4O3S/c1-14(2)17-9-6-8-12-20(17)28-23(30)18-10-5-7-11-19(18)25-24(28)32-16(4)22(29)26-21-13-15(3)27-31-21/h5-14,16H,1-4H3,(H,26,29). The summed E-state index contributed by atoms with van der Waals surface area (Å²) in [6.45, 7) is 7.71. The molecule has 4 aromatic rings. The lowest BCUT2D eigenvalue weighted by Gasteiger charge is -2.19. The van der Waals surface area contributed by atoms with Gasteiger partial charge in [0.1, 0.15) is 0 Å². The smallest absolute Gasteiger partial charge is 0.266 e. The summed E-state index contributed by atoms with van der Waals surface area (Å²) in [6.07, 6.45) is 0. The first-order chi connectivity index (χ1) is 15.3. The second-order valence-corrected chi connectivity index (χ2v) is 9.16. The summed E-state index contributed by atoms with van der Waals surface area (Å²) in [6, 6.07) is 16.7. The highest BCUT2D eigenvalue weighted by molar-refractivity contribution is 8.00. The molecule has 1 amide bonds. The Hall–Kier alpha value is -3.39. The first-order valence-corrected chi connectivity index (χ1v) is 11.2. The third-order valence-corrected chi connectivity index (χ3v) is 6.12. The average molecular weight is 449 g/mol. The van der Waals surface area contributed by atoms with Crippen LogP contribution >= 0.6 is 11.8 Å². The van der Waals surface area contributed by atoms with E-state index in [4.69, 9.17) is 9.51 Å². The van der Waals surface area contributed by atoms with Gasteiger partial charge < -0.3 is 4.52 Å². The van der Waals surface area contributed by atoms with Crippen LogP contribution in [0.4, 0.5) is 5.88 Å². The molecule has 7 nitrogen and oxygen atoms in total. The van der Waals surface area contributed by atoms with Crippen LogP contribution in [0.15, 0.2) is 69.1 Å². The van der Waals surface area contributed by atoms with E-state index in [1.165, 1.54) is 11.8 Å². The number of carbonyl (C=O) groups excluding carboxylic acids is 1. The van der Waals surface area contributed by atoms with Crippen molar-refractivity contribution in [1.29, 1.82) is 0 Å². The Balaban J connectivity index is 1.79. The van der Waals surface area contributed by atoms with Crippen LogP contribution in [-0.4, -0.2) is 25.9 Å². The van der Waals surface area contributed by atoms with E-state index in [0.717, 1.165) is 11.3 Å². The summed E-state index contributed by atoms with van der Waals surface area (Å²) < 4.78 is 6.70. The fourth-order valence-electron chi connectivity index (χ4n) is 3.44. The Labute approximate surface area is 189 Å². The zero-order valence-corrected chi connectivity index (χ0v) is 19.1. The van der Waals surface area contributed by atoms with Crippen LogP contribution in [0.5, 0.6) is 0 Å². The molecule has 164 valence electrons. The molecule has 0 saturated heterocycles. The van der Waals surface area contributed by atoms with Gasteiger partial charge in [0.05, 0.1) is 27.5 Å². The number of benzene rings is 2. The summed E-state index contributed by atoms with van der Waals surface area (Å²) in [5.74, 6) is 0.226. The second-order valence-electron chi connectivity index (χ2n) is 7.85. The van der Waals surface area contributed by atoms with Gasteiger partial charge in [0.2, 0.25) is 11.8 Å². The predicted molar refractivity (Wildman–Crippen MR) is 127 cm³/mol. The fraction of sp³-hybridized carbons (Fsp3) is 0.250. The Kier molecular flexibility index (Phi) is 6.14. The highest BCUT2D eigenvalue weighted by Gasteiger charge is 2.22. The minimum atomic E-state index is -0.536. The van der Waals surface area contributed by atoms with Crippen LogP contribution in [0, 0.1) is 6.92 Å². The SMILES string of the molecule is Cc1cc(NC(=O)C(C)Sc2nc3ccccc3c(=O)n2-c2ccccc2C(C)C)on1. The molecule has 2 aromatic carbocycles. The highest BCUT2D eigenvalue weighted by atomic mass is 32.2. The van der Waals surface area contributed by atoms with Crippen molar-refractivity contribution in [2.75, 3.05) is 5.32 Å². The second kappa shape index (κ2) is 9.00. The van der Waals surface area contributed by atoms with E-state index in [1.54, 1.807) is 30.5 Å². The average Bonchev–Trinajstić information content (AvgIpc) is 3.18. The molecule has 0 saturated carbocycles. The third-order valence-electron chi connectivity index (χ3n) is 5.07. The Morgan fingerprint density at radius 1 is 1.09 bits per heavy atom. The van der Waals surface area contributed by atoms with E-state index in [9.17, 15) is 9.59 Å². The van der Waals surface area contributed by atoms with Gasteiger partial charge in [0.25, 0.3) is 5.56 Å². The maximum absolute atomic E-state index is 13.6. The molecular formula is C24H24N4O3S. The molecule has 0 spiro atoms.